The van der Waals surface area contributed by atoms with Gasteiger partial charge in [0.15, 0.2) is 0 Å². The van der Waals surface area contributed by atoms with E-state index in [0.29, 0.717) is 0 Å². The number of allylic oxidation sites excluding steroid dienone is 1. The predicted molar refractivity (Wildman–Crippen MR) is 58.8 cm³/mol. The van der Waals surface area contributed by atoms with Gasteiger partial charge in [-0.05, 0) is 12.5 Å². The van der Waals surface area contributed by atoms with Crippen LogP contribution < -0.4 is 0 Å². The zero-order chi connectivity index (χ0) is 10.6. The molecule has 1 rings (SSSR count). The lowest BCUT2D eigenvalue weighted by Crippen LogP contribution is -2.12. The van der Waals surface area contributed by atoms with E-state index in [0.717, 1.165) is 23.1 Å². The van der Waals surface area contributed by atoms with Crippen LogP contribution in [0, 0.1) is 0 Å². The lowest BCUT2D eigenvalue weighted by atomic mass is 10.1. The molecule has 74 valence electrons. The molecular weight excluding hydrogens is 174 g/mol. The maximum Gasteiger partial charge on any atom is 0.147 e. The van der Waals surface area contributed by atoms with Crippen molar-refractivity contribution in [2.45, 2.75) is 6.92 Å². The zero-order valence-electron chi connectivity index (χ0n) is 8.82. The molecule has 0 radical (unpaired) electrons. The third kappa shape index (κ3) is 2.22. The van der Waals surface area contributed by atoms with Crippen molar-refractivity contribution in [1.82, 2.24) is 4.90 Å². The lowest BCUT2D eigenvalue weighted by Gasteiger charge is -2.18. The highest BCUT2D eigenvalue weighted by molar-refractivity contribution is 5.86. The largest absolute Gasteiger partial charge is 0.377 e. The van der Waals surface area contributed by atoms with Crippen LogP contribution in [0.1, 0.15) is 12.5 Å². The van der Waals surface area contributed by atoms with E-state index >= 15 is 0 Å². The van der Waals surface area contributed by atoms with Crippen LogP contribution in [0.4, 0.5) is 0 Å². The number of nitrogens with zero attached hydrogens (tertiary/aromatic N) is 1. The molecule has 0 saturated heterocycles. The summed E-state index contributed by atoms with van der Waals surface area (Å²) in [5.41, 5.74) is 2.80. The fourth-order valence-electron chi connectivity index (χ4n) is 1.49. The second-order valence-corrected chi connectivity index (χ2v) is 3.41. The molecule has 1 aromatic carbocycles. The zero-order valence-corrected chi connectivity index (χ0v) is 8.82. The van der Waals surface area contributed by atoms with Gasteiger partial charge in [-0.15, -0.1) is 0 Å². The van der Waals surface area contributed by atoms with Crippen LogP contribution >= 0.6 is 0 Å². The fourth-order valence-corrected chi connectivity index (χ4v) is 1.49. The van der Waals surface area contributed by atoms with Crippen molar-refractivity contribution >= 4 is 12.0 Å². The number of benzene rings is 1. The Bertz CT molecular complexity index is 339. The van der Waals surface area contributed by atoms with Crippen molar-refractivity contribution < 1.29 is 4.79 Å². The molecule has 0 amide bonds. The molecule has 14 heavy (non-hydrogen) atoms. The van der Waals surface area contributed by atoms with Gasteiger partial charge < -0.3 is 4.90 Å². The first-order valence-corrected chi connectivity index (χ1v) is 4.55. The second kappa shape index (κ2) is 4.61. The summed E-state index contributed by atoms with van der Waals surface area (Å²) in [5.74, 6) is 0. The molecule has 0 atom stereocenters. The second-order valence-electron chi connectivity index (χ2n) is 3.41. The standard InChI is InChI=1S/C12H15NO/c1-10(9-14)12(13(2)3)11-7-5-4-6-8-11/h4-9H,1-3H3. The highest BCUT2D eigenvalue weighted by Crippen LogP contribution is 2.19. The topological polar surface area (TPSA) is 20.3 Å². The maximum atomic E-state index is 10.7. The molecule has 0 aromatic heterocycles. The van der Waals surface area contributed by atoms with Crippen LogP contribution in [0.15, 0.2) is 35.9 Å². The molecule has 0 N–H and O–H groups in total. The van der Waals surface area contributed by atoms with Gasteiger partial charge in [-0.2, -0.15) is 0 Å². The summed E-state index contributed by atoms with van der Waals surface area (Å²) in [6.07, 6.45) is 0.891. The Labute approximate surface area is 84.9 Å². The molecule has 0 bridgehead atoms. The summed E-state index contributed by atoms with van der Waals surface area (Å²) in [5, 5.41) is 0. The number of hydrogen-bond acceptors (Lipinski definition) is 2. The first-order valence-electron chi connectivity index (χ1n) is 4.55. The molecule has 0 heterocycles. The van der Waals surface area contributed by atoms with Crippen LogP contribution in [0.3, 0.4) is 0 Å². The van der Waals surface area contributed by atoms with Gasteiger partial charge in [0.25, 0.3) is 0 Å². The monoisotopic (exact) mass is 189 g/mol. The molecule has 0 aliphatic rings. The Hall–Kier alpha value is -1.57. The third-order valence-corrected chi connectivity index (χ3v) is 2.04. The Balaban J connectivity index is 3.21. The van der Waals surface area contributed by atoms with Crippen molar-refractivity contribution in [2.24, 2.45) is 0 Å². The van der Waals surface area contributed by atoms with Gasteiger partial charge >= 0.3 is 0 Å². The third-order valence-electron chi connectivity index (χ3n) is 2.04. The van der Waals surface area contributed by atoms with E-state index in [1.54, 1.807) is 0 Å². The van der Waals surface area contributed by atoms with Crippen molar-refractivity contribution in [3.05, 3.63) is 41.5 Å². The van der Waals surface area contributed by atoms with E-state index < -0.39 is 0 Å². The quantitative estimate of drug-likeness (QED) is 0.536. The Kier molecular flexibility index (Phi) is 3.46. The highest BCUT2D eigenvalue weighted by atomic mass is 16.1. The van der Waals surface area contributed by atoms with Crippen molar-refractivity contribution in [3.63, 3.8) is 0 Å². The van der Waals surface area contributed by atoms with Gasteiger partial charge in [0, 0.05) is 25.4 Å². The van der Waals surface area contributed by atoms with Crippen LogP contribution in [0.25, 0.3) is 5.70 Å². The highest BCUT2D eigenvalue weighted by Gasteiger charge is 2.06. The van der Waals surface area contributed by atoms with E-state index in [4.69, 9.17) is 0 Å². The summed E-state index contributed by atoms with van der Waals surface area (Å²) in [6, 6.07) is 9.91. The SMILES string of the molecule is CC(C=O)=C(c1ccccc1)N(C)C. The average molecular weight is 189 g/mol. The summed E-state index contributed by atoms with van der Waals surface area (Å²) in [6.45, 7) is 1.83. The van der Waals surface area contributed by atoms with E-state index in [-0.39, 0.29) is 0 Å². The fraction of sp³-hybridized carbons (Fsp3) is 0.250. The minimum Gasteiger partial charge on any atom is -0.377 e. The van der Waals surface area contributed by atoms with Gasteiger partial charge in [0.1, 0.15) is 6.29 Å². The normalized spacial score (nSPS) is 11.9. The minimum absolute atomic E-state index is 0.751. The van der Waals surface area contributed by atoms with Crippen molar-refractivity contribution in [3.8, 4) is 0 Å². The smallest absolute Gasteiger partial charge is 0.147 e. The van der Waals surface area contributed by atoms with Crippen LogP contribution in [0.5, 0.6) is 0 Å². The number of aldehydes is 1. The van der Waals surface area contributed by atoms with Gasteiger partial charge in [-0.1, -0.05) is 30.3 Å². The Morgan fingerprint density at radius 2 is 1.79 bits per heavy atom. The van der Waals surface area contributed by atoms with E-state index in [2.05, 4.69) is 0 Å². The molecular formula is C12H15NO. The molecule has 2 nitrogen and oxygen atoms in total. The van der Waals surface area contributed by atoms with Crippen molar-refractivity contribution in [2.75, 3.05) is 14.1 Å². The first-order chi connectivity index (χ1) is 6.66. The van der Waals surface area contributed by atoms with E-state index in [9.17, 15) is 4.79 Å². The number of hydrogen-bond donors (Lipinski definition) is 0. The van der Waals surface area contributed by atoms with Gasteiger partial charge in [0.05, 0.1) is 0 Å². The lowest BCUT2D eigenvalue weighted by molar-refractivity contribution is -0.104. The summed E-state index contributed by atoms with van der Waals surface area (Å²) in [4.78, 5) is 12.7. The maximum absolute atomic E-state index is 10.7. The van der Waals surface area contributed by atoms with Crippen LogP contribution in [0.2, 0.25) is 0 Å². The van der Waals surface area contributed by atoms with Gasteiger partial charge in [-0.25, -0.2) is 0 Å². The summed E-state index contributed by atoms with van der Waals surface area (Å²) < 4.78 is 0. The molecule has 2 heteroatoms. The summed E-state index contributed by atoms with van der Waals surface area (Å²) >= 11 is 0. The number of carbonyl (C=O) groups is 1. The van der Waals surface area contributed by atoms with Gasteiger partial charge in [-0.3, -0.25) is 4.79 Å². The molecule has 0 saturated carbocycles. The van der Waals surface area contributed by atoms with Crippen LogP contribution in [-0.2, 0) is 4.79 Å². The number of rotatable bonds is 3. The van der Waals surface area contributed by atoms with Crippen molar-refractivity contribution in [1.29, 1.82) is 0 Å². The van der Waals surface area contributed by atoms with E-state index in [1.165, 1.54) is 0 Å². The molecule has 0 aliphatic heterocycles. The molecule has 0 unspecified atom stereocenters. The molecule has 0 aliphatic carbocycles. The predicted octanol–water partition coefficient (Wildman–Crippen LogP) is 2.18. The number of carbonyl (C=O) groups excluding carboxylic acids is 1. The Morgan fingerprint density at radius 3 is 2.21 bits per heavy atom. The minimum atomic E-state index is 0.751. The molecule has 0 spiro atoms. The first kappa shape index (κ1) is 10.5. The van der Waals surface area contributed by atoms with Crippen LogP contribution in [-0.4, -0.2) is 25.3 Å². The van der Waals surface area contributed by atoms with E-state index in [1.807, 2.05) is 56.3 Å². The Morgan fingerprint density at radius 1 is 1.21 bits per heavy atom. The molecule has 1 aromatic rings. The summed E-state index contributed by atoms with van der Waals surface area (Å²) in [7, 11) is 3.88. The van der Waals surface area contributed by atoms with Gasteiger partial charge in [0.2, 0.25) is 0 Å². The average Bonchev–Trinajstić information content (AvgIpc) is 2.19. The molecule has 0 fully saturated rings.